The number of ether oxygens (including phenoxy) is 1. The minimum atomic E-state index is -0.889. The molecule has 0 radical (unpaired) electrons. The molecule has 0 unspecified atom stereocenters. The zero-order valence-electron chi connectivity index (χ0n) is 22.8. The molecule has 38 heavy (non-hydrogen) atoms. The number of benzene rings is 3. The number of fused-ring (bicyclic) bond motifs is 1. The third-order valence-electron chi connectivity index (χ3n) is 7.36. The standard InChI is InChI=1S/C33H39NO4/c1-24(2)28-13-9-27(10-14-28)22-33(3)23-29-21-26(11-15-30(29)38-33)12-16-31(35)34(20-18-32(36)37)19-17-25-7-5-4-6-8-25/h4-11,13-15,21,24H,12,16-20,22-23H2,1-3H3,(H,36,37)/t33-/m1/s1. The van der Waals surface area contributed by atoms with Crippen LogP contribution in [-0.4, -0.2) is 40.6 Å². The fourth-order valence-corrected chi connectivity index (χ4v) is 5.19. The van der Waals surface area contributed by atoms with Gasteiger partial charge in [-0.1, -0.05) is 80.6 Å². The molecular formula is C33H39NO4. The first-order valence-corrected chi connectivity index (χ1v) is 13.6. The molecule has 1 aliphatic rings. The number of aliphatic carboxylic acids is 1. The normalized spacial score (nSPS) is 16.2. The molecular weight excluding hydrogens is 474 g/mol. The third kappa shape index (κ3) is 7.47. The van der Waals surface area contributed by atoms with E-state index in [0.29, 0.717) is 31.7 Å². The third-order valence-corrected chi connectivity index (χ3v) is 7.36. The number of aryl methyl sites for hydroxylation is 1. The lowest BCUT2D eigenvalue weighted by molar-refractivity contribution is -0.138. The smallest absolute Gasteiger partial charge is 0.305 e. The van der Waals surface area contributed by atoms with Gasteiger partial charge in [-0.15, -0.1) is 0 Å². The second kappa shape index (κ2) is 12.3. The van der Waals surface area contributed by atoms with Gasteiger partial charge in [0, 0.05) is 32.4 Å². The van der Waals surface area contributed by atoms with E-state index in [1.165, 1.54) is 16.7 Å². The molecule has 0 spiro atoms. The molecule has 1 atom stereocenters. The van der Waals surface area contributed by atoms with Crippen LogP contribution in [0.3, 0.4) is 0 Å². The van der Waals surface area contributed by atoms with Crippen molar-refractivity contribution in [3.8, 4) is 5.75 Å². The molecule has 3 aromatic rings. The van der Waals surface area contributed by atoms with E-state index in [1.54, 1.807) is 4.90 Å². The van der Waals surface area contributed by atoms with Crippen molar-refractivity contribution in [2.75, 3.05) is 13.1 Å². The van der Waals surface area contributed by atoms with Crippen LogP contribution in [-0.2, 0) is 35.3 Å². The van der Waals surface area contributed by atoms with Gasteiger partial charge in [0.05, 0.1) is 6.42 Å². The van der Waals surface area contributed by atoms with Gasteiger partial charge in [-0.25, -0.2) is 0 Å². The Morgan fingerprint density at radius 1 is 0.895 bits per heavy atom. The van der Waals surface area contributed by atoms with Crippen LogP contribution < -0.4 is 4.74 Å². The summed E-state index contributed by atoms with van der Waals surface area (Å²) in [5, 5.41) is 9.15. The zero-order valence-corrected chi connectivity index (χ0v) is 22.8. The molecule has 5 nitrogen and oxygen atoms in total. The van der Waals surface area contributed by atoms with Gasteiger partial charge in [-0.3, -0.25) is 9.59 Å². The summed E-state index contributed by atoms with van der Waals surface area (Å²) in [5.74, 6) is 0.547. The van der Waals surface area contributed by atoms with E-state index in [4.69, 9.17) is 9.84 Å². The van der Waals surface area contributed by atoms with E-state index in [-0.39, 0.29) is 24.5 Å². The van der Waals surface area contributed by atoms with Crippen molar-refractivity contribution in [1.29, 1.82) is 0 Å². The number of rotatable bonds is 12. The number of hydrogen-bond acceptors (Lipinski definition) is 3. The van der Waals surface area contributed by atoms with Crippen LogP contribution in [0.5, 0.6) is 5.75 Å². The van der Waals surface area contributed by atoms with Crippen LogP contribution in [0, 0.1) is 0 Å². The Labute approximate surface area is 226 Å². The molecule has 0 bridgehead atoms. The van der Waals surface area contributed by atoms with Crippen LogP contribution in [0.2, 0.25) is 0 Å². The SMILES string of the molecule is CC(C)c1ccc(C[C@]2(C)Cc3cc(CCC(=O)N(CCC(=O)O)CCc4ccccc4)ccc3O2)cc1. The maximum absolute atomic E-state index is 13.1. The minimum Gasteiger partial charge on any atom is -0.487 e. The molecule has 0 aliphatic carbocycles. The fourth-order valence-electron chi connectivity index (χ4n) is 5.19. The Hall–Kier alpha value is -3.60. The highest BCUT2D eigenvalue weighted by Gasteiger charge is 2.35. The molecule has 1 amide bonds. The number of carboxylic acids is 1. The molecule has 1 N–H and O–H groups in total. The molecule has 3 aromatic carbocycles. The number of nitrogens with zero attached hydrogens (tertiary/aromatic N) is 1. The van der Waals surface area contributed by atoms with Gasteiger partial charge in [0.2, 0.25) is 5.91 Å². The second-order valence-electron chi connectivity index (χ2n) is 11.0. The van der Waals surface area contributed by atoms with Crippen LogP contribution in [0.15, 0.2) is 72.8 Å². The summed E-state index contributed by atoms with van der Waals surface area (Å²) < 4.78 is 6.39. The van der Waals surface area contributed by atoms with Gasteiger partial charge in [0.1, 0.15) is 11.4 Å². The predicted octanol–water partition coefficient (Wildman–Crippen LogP) is 6.22. The average Bonchev–Trinajstić information content (AvgIpc) is 3.22. The van der Waals surface area contributed by atoms with Gasteiger partial charge in [-0.2, -0.15) is 0 Å². The summed E-state index contributed by atoms with van der Waals surface area (Å²) in [5.41, 5.74) is 5.75. The van der Waals surface area contributed by atoms with Crippen molar-refractivity contribution >= 4 is 11.9 Å². The topological polar surface area (TPSA) is 66.8 Å². The molecule has 4 rings (SSSR count). The van der Waals surface area contributed by atoms with E-state index in [1.807, 2.05) is 42.5 Å². The molecule has 0 saturated heterocycles. The Kier molecular flexibility index (Phi) is 8.88. The first-order valence-electron chi connectivity index (χ1n) is 13.6. The Bertz CT molecular complexity index is 1240. The quantitative estimate of drug-likeness (QED) is 0.312. The van der Waals surface area contributed by atoms with Crippen LogP contribution >= 0.6 is 0 Å². The van der Waals surface area contributed by atoms with E-state index in [9.17, 15) is 9.59 Å². The van der Waals surface area contributed by atoms with Crippen LogP contribution in [0.1, 0.15) is 67.3 Å². The van der Waals surface area contributed by atoms with Crippen molar-refractivity contribution in [3.05, 3.63) is 101 Å². The first kappa shape index (κ1) is 27.4. The van der Waals surface area contributed by atoms with Crippen molar-refractivity contribution in [2.45, 2.75) is 70.8 Å². The summed E-state index contributed by atoms with van der Waals surface area (Å²) >= 11 is 0. The van der Waals surface area contributed by atoms with E-state index < -0.39 is 5.97 Å². The number of amides is 1. The maximum Gasteiger partial charge on any atom is 0.305 e. The monoisotopic (exact) mass is 513 g/mol. The Morgan fingerprint density at radius 2 is 1.61 bits per heavy atom. The van der Waals surface area contributed by atoms with E-state index >= 15 is 0 Å². The maximum atomic E-state index is 13.1. The largest absolute Gasteiger partial charge is 0.487 e. The lowest BCUT2D eigenvalue weighted by Crippen LogP contribution is -2.35. The average molecular weight is 514 g/mol. The van der Waals surface area contributed by atoms with Crippen molar-refractivity contribution in [2.24, 2.45) is 0 Å². The number of carboxylic acid groups (broad SMARTS) is 1. The molecule has 200 valence electrons. The molecule has 1 aliphatic heterocycles. The number of carbonyl (C=O) groups is 2. The second-order valence-corrected chi connectivity index (χ2v) is 11.0. The van der Waals surface area contributed by atoms with Gasteiger partial charge < -0.3 is 14.7 Å². The molecule has 0 aromatic heterocycles. The highest BCUT2D eigenvalue weighted by molar-refractivity contribution is 5.77. The van der Waals surface area contributed by atoms with E-state index in [2.05, 4.69) is 51.1 Å². The van der Waals surface area contributed by atoms with Gasteiger partial charge in [0.25, 0.3) is 0 Å². The Balaban J connectivity index is 1.34. The minimum absolute atomic E-state index is 0.00591. The van der Waals surface area contributed by atoms with E-state index in [0.717, 1.165) is 29.7 Å². The molecule has 0 saturated carbocycles. The predicted molar refractivity (Wildman–Crippen MR) is 151 cm³/mol. The molecule has 0 fully saturated rings. The highest BCUT2D eigenvalue weighted by Crippen LogP contribution is 2.37. The van der Waals surface area contributed by atoms with Crippen molar-refractivity contribution in [3.63, 3.8) is 0 Å². The summed E-state index contributed by atoms with van der Waals surface area (Å²) in [6, 6.07) is 25.0. The van der Waals surface area contributed by atoms with Gasteiger partial charge in [0.15, 0.2) is 0 Å². The molecule has 5 heteroatoms. The van der Waals surface area contributed by atoms with Crippen LogP contribution in [0.25, 0.3) is 0 Å². The highest BCUT2D eigenvalue weighted by atomic mass is 16.5. The lowest BCUT2D eigenvalue weighted by atomic mass is 9.90. The summed E-state index contributed by atoms with van der Waals surface area (Å²) in [6.07, 6.45) is 3.31. The Morgan fingerprint density at radius 3 is 2.29 bits per heavy atom. The van der Waals surface area contributed by atoms with Crippen molar-refractivity contribution < 1.29 is 19.4 Å². The first-order chi connectivity index (χ1) is 18.2. The zero-order chi connectivity index (χ0) is 27.1. The summed E-state index contributed by atoms with van der Waals surface area (Å²) in [6.45, 7) is 7.33. The van der Waals surface area contributed by atoms with Crippen LogP contribution in [0.4, 0.5) is 0 Å². The number of carbonyl (C=O) groups excluding carboxylic acids is 1. The van der Waals surface area contributed by atoms with Gasteiger partial charge in [-0.05, 0) is 59.6 Å². The fraction of sp³-hybridized carbons (Fsp3) is 0.394. The lowest BCUT2D eigenvalue weighted by Gasteiger charge is -2.24. The molecule has 1 heterocycles. The number of hydrogen-bond donors (Lipinski definition) is 1. The summed E-state index contributed by atoms with van der Waals surface area (Å²) in [4.78, 5) is 25.9. The van der Waals surface area contributed by atoms with Gasteiger partial charge >= 0.3 is 5.97 Å². The van der Waals surface area contributed by atoms with Crippen molar-refractivity contribution in [1.82, 2.24) is 4.90 Å². The summed E-state index contributed by atoms with van der Waals surface area (Å²) in [7, 11) is 0.